The molecule has 1 aliphatic heterocycles. The van der Waals surface area contributed by atoms with Gasteiger partial charge in [-0.1, -0.05) is 63.4 Å². The number of benzene rings is 1. The van der Waals surface area contributed by atoms with Crippen LogP contribution >= 0.6 is 0 Å². The maximum absolute atomic E-state index is 3.55. The summed E-state index contributed by atoms with van der Waals surface area (Å²) in [6, 6.07) is 9.13. The Morgan fingerprint density at radius 1 is 1.12 bits per heavy atom. The van der Waals surface area contributed by atoms with Crippen molar-refractivity contribution >= 4 is 14.3 Å². The molecule has 4 rings (SSSR count). The molecule has 25 heavy (non-hydrogen) atoms. The zero-order chi connectivity index (χ0) is 17.6. The first-order valence-corrected chi connectivity index (χ1v) is 13.3. The fourth-order valence-corrected chi connectivity index (χ4v) is 10.7. The van der Waals surface area contributed by atoms with Crippen molar-refractivity contribution in [1.82, 2.24) is 9.88 Å². The van der Waals surface area contributed by atoms with Gasteiger partial charge >= 0.3 is 0 Å². The van der Waals surface area contributed by atoms with Crippen LogP contribution in [0.5, 0.6) is 0 Å². The summed E-state index contributed by atoms with van der Waals surface area (Å²) < 4.78 is 2.90. The maximum atomic E-state index is 3.55. The van der Waals surface area contributed by atoms with Crippen LogP contribution in [0.2, 0.25) is 18.6 Å². The third kappa shape index (κ3) is 2.94. The lowest BCUT2D eigenvalue weighted by molar-refractivity contribution is 0.320. The Morgan fingerprint density at radius 3 is 2.56 bits per heavy atom. The van der Waals surface area contributed by atoms with Gasteiger partial charge in [0.15, 0.2) is 0 Å². The molecule has 2 aliphatic carbocycles. The Labute approximate surface area is 154 Å². The summed E-state index contributed by atoms with van der Waals surface area (Å²) >= 11 is 0. The van der Waals surface area contributed by atoms with E-state index in [-0.39, 0.29) is 0 Å². The van der Waals surface area contributed by atoms with Crippen LogP contribution in [0.3, 0.4) is 0 Å². The summed E-state index contributed by atoms with van der Waals surface area (Å²) in [4.78, 5) is 0. The number of hydrogen-bond acceptors (Lipinski definition) is 2. The molecule has 3 aliphatic rings. The second kappa shape index (κ2) is 6.68. The van der Waals surface area contributed by atoms with E-state index < -0.39 is 8.24 Å². The molecule has 1 N–H and O–H groups in total. The highest BCUT2D eigenvalue weighted by Crippen LogP contribution is 2.59. The van der Waals surface area contributed by atoms with E-state index in [9.17, 15) is 0 Å². The SMILES string of the molecule is CC(C)C1CC2c3ccccc3C=CC2C1[Si](C)(C)N1CCNCC1. The Bertz CT molecular complexity index is 645. The van der Waals surface area contributed by atoms with E-state index in [1.54, 1.807) is 5.56 Å². The van der Waals surface area contributed by atoms with Gasteiger partial charge in [-0.15, -0.1) is 0 Å². The second-order valence-corrected chi connectivity index (χ2v) is 13.8. The average molecular weight is 355 g/mol. The molecular weight excluding hydrogens is 320 g/mol. The molecule has 0 radical (unpaired) electrons. The molecule has 1 aromatic rings. The predicted molar refractivity (Wildman–Crippen MR) is 110 cm³/mol. The van der Waals surface area contributed by atoms with Crippen LogP contribution in [0, 0.1) is 17.8 Å². The smallest absolute Gasteiger partial charge is 0.126 e. The maximum Gasteiger partial charge on any atom is 0.126 e. The molecule has 4 unspecified atom stereocenters. The molecule has 1 aromatic carbocycles. The van der Waals surface area contributed by atoms with Crippen LogP contribution in [0.15, 0.2) is 30.3 Å². The quantitative estimate of drug-likeness (QED) is 0.800. The topological polar surface area (TPSA) is 15.3 Å². The Balaban J connectivity index is 1.71. The summed E-state index contributed by atoms with van der Waals surface area (Å²) in [5.74, 6) is 3.14. The molecule has 1 saturated carbocycles. The normalized spacial score (nSPS) is 32.7. The summed E-state index contributed by atoms with van der Waals surface area (Å²) in [5.41, 5.74) is 3.96. The van der Waals surface area contributed by atoms with Gasteiger partial charge in [0.1, 0.15) is 8.24 Å². The molecule has 0 aromatic heterocycles. The van der Waals surface area contributed by atoms with E-state index >= 15 is 0 Å². The van der Waals surface area contributed by atoms with E-state index in [1.165, 1.54) is 38.2 Å². The van der Waals surface area contributed by atoms with Gasteiger partial charge in [0.05, 0.1) is 0 Å². The summed E-state index contributed by atoms with van der Waals surface area (Å²) in [7, 11) is -1.48. The zero-order valence-corrected chi connectivity index (χ0v) is 17.3. The van der Waals surface area contributed by atoms with Crippen LogP contribution in [0.1, 0.15) is 37.3 Å². The Hall–Kier alpha value is -0.903. The molecule has 2 fully saturated rings. The van der Waals surface area contributed by atoms with E-state index in [2.05, 4.69) is 73.2 Å². The van der Waals surface area contributed by atoms with Crippen molar-refractivity contribution in [3.8, 4) is 0 Å². The van der Waals surface area contributed by atoms with E-state index in [0.29, 0.717) is 0 Å². The molecule has 1 saturated heterocycles. The van der Waals surface area contributed by atoms with Crippen LogP contribution in [-0.2, 0) is 0 Å². The minimum atomic E-state index is -1.48. The lowest BCUT2D eigenvalue weighted by Gasteiger charge is -2.48. The molecule has 1 heterocycles. The molecule has 0 amide bonds. The number of piperazine rings is 1. The minimum absolute atomic E-state index is 0.744. The highest BCUT2D eigenvalue weighted by molar-refractivity contribution is 6.76. The van der Waals surface area contributed by atoms with Crippen molar-refractivity contribution in [2.24, 2.45) is 17.8 Å². The van der Waals surface area contributed by atoms with Crippen molar-refractivity contribution in [3.05, 3.63) is 41.5 Å². The van der Waals surface area contributed by atoms with Gasteiger partial charge in [-0.3, -0.25) is 0 Å². The van der Waals surface area contributed by atoms with E-state index in [1.807, 2.05) is 0 Å². The summed E-state index contributed by atoms with van der Waals surface area (Å²) in [6.07, 6.45) is 6.41. The van der Waals surface area contributed by atoms with Crippen molar-refractivity contribution in [1.29, 1.82) is 0 Å². The molecule has 3 heteroatoms. The van der Waals surface area contributed by atoms with Gasteiger partial charge in [0.2, 0.25) is 0 Å². The van der Waals surface area contributed by atoms with Crippen LogP contribution in [-0.4, -0.2) is 39.0 Å². The second-order valence-electron chi connectivity index (χ2n) is 9.23. The van der Waals surface area contributed by atoms with E-state index in [0.717, 1.165) is 29.2 Å². The number of rotatable bonds is 3. The standard InChI is InChI=1S/C22H34N2Si/c1-16(2)20-15-21-18-8-6-5-7-17(18)9-10-19(21)22(20)25(3,4)24-13-11-23-12-14-24/h5-10,16,19-23H,11-15H2,1-4H3. The monoisotopic (exact) mass is 354 g/mol. The third-order valence-electron chi connectivity index (χ3n) is 7.36. The minimum Gasteiger partial charge on any atom is -0.321 e. The molecule has 136 valence electrons. The van der Waals surface area contributed by atoms with Crippen molar-refractivity contribution in [2.75, 3.05) is 26.2 Å². The molecule has 0 spiro atoms. The lowest BCUT2D eigenvalue weighted by Crippen LogP contribution is -2.60. The number of allylic oxidation sites excluding steroid dienone is 1. The number of nitrogens with zero attached hydrogens (tertiary/aromatic N) is 1. The van der Waals surface area contributed by atoms with Gasteiger partial charge in [-0.05, 0) is 46.8 Å². The molecule has 4 atom stereocenters. The van der Waals surface area contributed by atoms with Crippen molar-refractivity contribution in [2.45, 2.75) is 44.8 Å². The van der Waals surface area contributed by atoms with Crippen LogP contribution in [0.25, 0.3) is 6.08 Å². The fourth-order valence-electron chi connectivity index (χ4n) is 6.07. The van der Waals surface area contributed by atoms with Gasteiger partial charge in [-0.2, -0.15) is 0 Å². The van der Waals surface area contributed by atoms with Crippen LogP contribution < -0.4 is 5.32 Å². The predicted octanol–water partition coefficient (Wildman–Crippen LogP) is 4.57. The summed E-state index contributed by atoms with van der Waals surface area (Å²) in [6.45, 7) is 15.1. The number of hydrogen-bond donors (Lipinski definition) is 1. The Kier molecular flexibility index (Phi) is 4.68. The Morgan fingerprint density at radius 2 is 1.84 bits per heavy atom. The average Bonchev–Trinajstić information content (AvgIpc) is 3.03. The molecular formula is C22H34N2Si. The fraction of sp³-hybridized carbons (Fsp3) is 0.636. The van der Waals surface area contributed by atoms with Gasteiger partial charge in [0.25, 0.3) is 0 Å². The van der Waals surface area contributed by atoms with Crippen molar-refractivity contribution in [3.63, 3.8) is 0 Å². The van der Waals surface area contributed by atoms with Gasteiger partial charge < -0.3 is 9.88 Å². The van der Waals surface area contributed by atoms with Gasteiger partial charge in [-0.25, -0.2) is 0 Å². The highest BCUT2D eigenvalue weighted by atomic mass is 28.3. The van der Waals surface area contributed by atoms with Crippen LogP contribution in [0.4, 0.5) is 0 Å². The first kappa shape index (κ1) is 17.5. The zero-order valence-electron chi connectivity index (χ0n) is 16.3. The highest BCUT2D eigenvalue weighted by Gasteiger charge is 2.54. The first-order chi connectivity index (χ1) is 12.0. The third-order valence-corrected chi connectivity index (χ3v) is 11.9. The number of fused-ring (bicyclic) bond motifs is 3. The lowest BCUT2D eigenvalue weighted by atomic mass is 9.81. The largest absolute Gasteiger partial charge is 0.321 e. The molecule has 2 nitrogen and oxygen atoms in total. The van der Waals surface area contributed by atoms with E-state index in [4.69, 9.17) is 0 Å². The van der Waals surface area contributed by atoms with Crippen molar-refractivity contribution < 1.29 is 0 Å². The molecule has 0 bridgehead atoms. The summed E-state index contributed by atoms with van der Waals surface area (Å²) in [5, 5.41) is 3.55. The van der Waals surface area contributed by atoms with Gasteiger partial charge in [0, 0.05) is 26.2 Å². The first-order valence-electron chi connectivity index (χ1n) is 10.2. The number of nitrogens with one attached hydrogen (secondary N) is 1.